The fraction of sp³-hybridized carbons (Fsp3) is 0.250. The zero-order valence-corrected chi connectivity index (χ0v) is 13.0. The summed E-state index contributed by atoms with van der Waals surface area (Å²) in [5, 5.41) is 2.42. The van der Waals surface area contributed by atoms with Gasteiger partial charge in [-0.25, -0.2) is 0 Å². The van der Waals surface area contributed by atoms with Gasteiger partial charge in [0.05, 0.1) is 18.2 Å². The summed E-state index contributed by atoms with van der Waals surface area (Å²) in [6.45, 7) is -0.305. The fourth-order valence-corrected chi connectivity index (χ4v) is 2.11. The number of amides is 1. The van der Waals surface area contributed by atoms with Crippen molar-refractivity contribution in [3.05, 3.63) is 63.6 Å². The second-order valence-corrected chi connectivity index (χ2v) is 5.07. The van der Waals surface area contributed by atoms with Crippen molar-refractivity contribution in [1.82, 2.24) is 9.88 Å². The van der Waals surface area contributed by atoms with Crippen LogP contribution in [-0.4, -0.2) is 17.6 Å². The molecule has 5 nitrogen and oxygen atoms in total. The molecule has 2 aromatic rings. The highest BCUT2D eigenvalue weighted by atomic mass is 19.4. The number of nitrogens with zero attached hydrogens (tertiary/aromatic N) is 1. The third kappa shape index (κ3) is 3.95. The Bertz CT molecular complexity index is 813. The molecular formula is C16H15F3N2O3. The quantitative estimate of drug-likeness (QED) is 0.929. The van der Waals surface area contributed by atoms with Crippen molar-refractivity contribution >= 4 is 5.91 Å². The van der Waals surface area contributed by atoms with Crippen LogP contribution in [0.1, 0.15) is 21.5 Å². The molecule has 0 aliphatic carbocycles. The van der Waals surface area contributed by atoms with Gasteiger partial charge in [-0.2, -0.15) is 13.2 Å². The van der Waals surface area contributed by atoms with E-state index in [4.69, 9.17) is 4.74 Å². The van der Waals surface area contributed by atoms with E-state index in [-0.39, 0.29) is 29.0 Å². The van der Waals surface area contributed by atoms with E-state index in [0.29, 0.717) is 0 Å². The van der Waals surface area contributed by atoms with Crippen LogP contribution in [0.3, 0.4) is 0 Å². The van der Waals surface area contributed by atoms with Crippen molar-refractivity contribution in [2.24, 2.45) is 7.05 Å². The minimum absolute atomic E-state index is 0.0791. The van der Waals surface area contributed by atoms with Gasteiger partial charge < -0.3 is 14.6 Å². The van der Waals surface area contributed by atoms with Gasteiger partial charge >= 0.3 is 6.18 Å². The lowest BCUT2D eigenvalue weighted by Gasteiger charge is -2.15. The molecule has 0 fully saturated rings. The molecule has 0 bridgehead atoms. The van der Waals surface area contributed by atoms with Crippen LogP contribution in [0.25, 0.3) is 0 Å². The first-order chi connectivity index (χ1) is 11.2. The van der Waals surface area contributed by atoms with E-state index in [1.54, 1.807) is 0 Å². The predicted octanol–water partition coefficient (Wildman–Crippen LogP) is 2.34. The minimum Gasteiger partial charge on any atom is -0.497 e. The van der Waals surface area contributed by atoms with Crippen LogP contribution in [0, 0.1) is 0 Å². The van der Waals surface area contributed by atoms with E-state index in [2.05, 4.69) is 5.32 Å². The van der Waals surface area contributed by atoms with E-state index >= 15 is 0 Å². The largest absolute Gasteiger partial charge is 0.497 e. The molecule has 0 aliphatic heterocycles. The summed E-state index contributed by atoms with van der Waals surface area (Å²) in [6.07, 6.45) is -3.25. The number of hydrogen-bond donors (Lipinski definition) is 1. The molecule has 0 saturated carbocycles. The van der Waals surface area contributed by atoms with Crippen molar-refractivity contribution in [3.8, 4) is 5.75 Å². The lowest BCUT2D eigenvalue weighted by atomic mass is 10.1. The number of aromatic nitrogens is 1. The first kappa shape index (κ1) is 17.6. The molecular weight excluding hydrogens is 325 g/mol. The van der Waals surface area contributed by atoms with Crippen molar-refractivity contribution < 1.29 is 22.7 Å². The minimum atomic E-state index is -4.56. The molecule has 0 atom stereocenters. The number of carbonyl (C=O) groups excluding carboxylic acids is 1. The van der Waals surface area contributed by atoms with E-state index < -0.39 is 17.6 Å². The summed E-state index contributed by atoms with van der Waals surface area (Å²) >= 11 is 0. The molecule has 8 heteroatoms. The topological polar surface area (TPSA) is 60.3 Å². The van der Waals surface area contributed by atoms with Gasteiger partial charge in [0.1, 0.15) is 5.75 Å². The molecule has 1 aromatic carbocycles. The number of carbonyl (C=O) groups is 1. The summed E-state index contributed by atoms with van der Waals surface area (Å²) in [4.78, 5) is 23.3. The lowest BCUT2D eigenvalue weighted by molar-refractivity contribution is -0.138. The maximum atomic E-state index is 13.1. The predicted molar refractivity (Wildman–Crippen MR) is 80.8 cm³/mol. The Morgan fingerprint density at radius 2 is 1.96 bits per heavy atom. The molecule has 0 spiro atoms. The summed E-state index contributed by atoms with van der Waals surface area (Å²) in [7, 11) is 2.75. The highest BCUT2D eigenvalue weighted by Crippen LogP contribution is 2.34. The molecule has 24 heavy (non-hydrogen) atoms. The summed E-state index contributed by atoms with van der Waals surface area (Å²) < 4.78 is 45.3. The van der Waals surface area contributed by atoms with Crippen LogP contribution in [0.2, 0.25) is 0 Å². The number of hydrogen-bond acceptors (Lipinski definition) is 3. The Morgan fingerprint density at radius 1 is 1.25 bits per heavy atom. The van der Waals surface area contributed by atoms with Gasteiger partial charge in [0.25, 0.3) is 5.91 Å². The SMILES string of the molecule is COc1ccc(CNC(=O)c2ccc(=O)n(C)c2)c(C(F)(F)F)c1. The number of methoxy groups -OCH3 is 1. The number of aryl methyl sites for hydroxylation is 1. The molecule has 1 amide bonds. The Balaban J connectivity index is 2.20. The number of rotatable bonds is 4. The zero-order chi connectivity index (χ0) is 17.9. The normalized spacial score (nSPS) is 11.2. The van der Waals surface area contributed by atoms with Gasteiger partial charge in [-0.15, -0.1) is 0 Å². The van der Waals surface area contributed by atoms with E-state index in [1.807, 2.05) is 0 Å². The van der Waals surface area contributed by atoms with Crippen molar-refractivity contribution in [2.75, 3.05) is 7.11 Å². The van der Waals surface area contributed by atoms with E-state index in [9.17, 15) is 22.8 Å². The first-order valence-corrected chi connectivity index (χ1v) is 6.91. The molecule has 0 radical (unpaired) electrons. The Labute approximate surface area is 135 Å². The van der Waals surface area contributed by atoms with Gasteiger partial charge in [-0.1, -0.05) is 6.07 Å². The van der Waals surface area contributed by atoms with E-state index in [0.717, 1.165) is 6.07 Å². The average Bonchev–Trinajstić information content (AvgIpc) is 2.54. The highest BCUT2D eigenvalue weighted by molar-refractivity contribution is 5.93. The van der Waals surface area contributed by atoms with E-state index in [1.165, 1.54) is 49.2 Å². The van der Waals surface area contributed by atoms with Crippen LogP contribution in [0.15, 0.2) is 41.3 Å². The van der Waals surface area contributed by atoms with Gasteiger partial charge in [-0.05, 0) is 23.8 Å². The number of halogens is 3. The number of alkyl halides is 3. The molecule has 2 rings (SSSR count). The van der Waals surface area contributed by atoms with Gasteiger partial charge in [-0.3, -0.25) is 9.59 Å². The van der Waals surface area contributed by atoms with Crippen LogP contribution >= 0.6 is 0 Å². The van der Waals surface area contributed by atoms with Crippen molar-refractivity contribution in [3.63, 3.8) is 0 Å². The number of nitrogens with one attached hydrogen (secondary N) is 1. The third-order valence-corrected chi connectivity index (χ3v) is 3.41. The maximum absolute atomic E-state index is 13.1. The summed E-state index contributed by atoms with van der Waals surface area (Å²) in [5.41, 5.74) is -1.07. The standard InChI is InChI=1S/C16H15F3N2O3/c1-21-9-11(4-6-14(21)22)15(23)20-8-10-3-5-12(24-2)7-13(10)16(17,18)19/h3-7,9H,8H2,1-2H3,(H,20,23). The molecule has 0 unspecified atom stereocenters. The Hall–Kier alpha value is -2.77. The van der Waals surface area contributed by atoms with Gasteiger partial charge in [0.15, 0.2) is 0 Å². The van der Waals surface area contributed by atoms with Crippen LogP contribution in [0.5, 0.6) is 5.75 Å². The van der Waals surface area contributed by atoms with Crippen LogP contribution in [-0.2, 0) is 19.8 Å². The molecule has 0 aliphatic rings. The molecule has 1 N–H and O–H groups in total. The van der Waals surface area contributed by atoms with Gasteiger partial charge in [0.2, 0.25) is 5.56 Å². The molecule has 1 heterocycles. The Morgan fingerprint density at radius 3 is 2.54 bits per heavy atom. The Kier molecular flexibility index (Phi) is 4.96. The first-order valence-electron chi connectivity index (χ1n) is 6.91. The fourth-order valence-electron chi connectivity index (χ4n) is 2.11. The summed E-state index contributed by atoms with van der Waals surface area (Å²) in [6, 6.07) is 6.05. The molecule has 128 valence electrons. The number of benzene rings is 1. The molecule has 0 saturated heterocycles. The monoisotopic (exact) mass is 340 g/mol. The highest BCUT2D eigenvalue weighted by Gasteiger charge is 2.33. The third-order valence-electron chi connectivity index (χ3n) is 3.41. The van der Waals surface area contributed by atoms with Crippen molar-refractivity contribution in [2.45, 2.75) is 12.7 Å². The smallest absolute Gasteiger partial charge is 0.416 e. The maximum Gasteiger partial charge on any atom is 0.416 e. The number of pyridine rings is 1. The summed E-state index contributed by atoms with van der Waals surface area (Å²) in [5.74, 6) is -0.495. The lowest BCUT2D eigenvalue weighted by Crippen LogP contribution is -2.26. The second-order valence-electron chi connectivity index (χ2n) is 5.07. The zero-order valence-electron chi connectivity index (χ0n) is 13.0. The molecule has 1 aromatic heterocycles. The van der Waals surface area contributed by atoms with Crippen LogP contribution < -0.4 is 15.6 Å². The average molecular weight is 340 g/mol. The van der Waals surface area contributed by atoms with Crippen molar-refractivity contribution in [1.29, 1.82) is 0 Å². The van der Waals surface area contributed by atoms with Gasteiger partial charge in [0, 0.05) is 25.9 Å². The number of ether oxygens (including phenoxy) is 1. The second kappa shape index (κ2) is 6.77. The van der Waals surface area contributed by atoms with Crippen LogP contribution in [0.4, 0.5) is 13.2 Å².